The normalized spacial score (nSPS) is 15.1. The molecule has 2 amide bonds. The zero-order chi connectivity index (χ0) is 25.4. The Bertz CT molecular complexity index is 1080. The molecule has 0 N–H and O–H groups in total. The molecular formula is C25H30ClN3O6. The first kappa shape index (κ1) is 26.5. The number of benzene rings is 2. The van der Waals surface area contributed by atoms with E-state index in [-0.39, 0.29) is 38.1 Å². The summed E-state index contributed by atoms with van der Waals surface area (Å²) >= 11 is 6.44. The van der Waals surface area contributed by atoms with E-state index in [9.17, 15) is 9.59 Å². The Morgan fingerprint density at radius 1 is 1.09 bits per heavy atom. The van der Waals surface area contributed by atoms with Gasteiger partial charge in [0, 0.05) is 43.3 Å². The molecule has 10 heteroatoms. The number of ether oxygens (including phenoxy) is 4. The fourth-order valence-electron chi connectivity index (χ4n) is 3.88. The molecule has 0 saturated heterocycles. The van der Waals surface area contributed by atoms with Gasteiger partial charge in [-0.3, -0.25) is 9.59 Å². The number of amides is 2. The standard InChI is InChI=1S/C25H30ClN3O6/c1-32-12-11-28(25(31)16-33-2)15-24(30)29-22(19-13-17(34-3)9-10-23(19)35-4)14-21(27-29)18-7-5-6-8-20(18)26/h5-10,13,22H,11-12,14-16H2,1-4H3. The van der Waals surface area contributed by atoms with Gasteiger partial charge in [0.25, 0.3) is 5.91 Å². The van der Waals surface area contributed by atoms with E-state index in [2.05, 4.69) is 5.10 Å². The molecule has 0 saturated carbocycles. The highest BCUT2D eigenvalue weighted by molar-refractivity contribution is 6.34. The van der Waals surface area contributed by atoms with Gasteiger partial charge in [0.1, 0.15) is 24.7 Å². The largest absolute Gasteiger partial charge is 0.497 e. The Balaban J connectivity index is 1.99. The molecule has 1 atom stereocenters. The first-order chi connectivity index (χ1) is 16.9. The summed E-state index contributed by atoms with van der Waals surface area (Å²) in [7, 11) is 6.11. The van der Waals surface area contributed by atoms with Crippen LogP contribution in [0.1, 0.15) is 23.6 Å². The minimum atomic E-state index is -0.486. The van der Waals surface area contributed by atoms with E-state index < -0.39 is 6.04 Å². The third-order valence-electron chi connectivity index (χ3n) is 5.66. The van der Waals surface area contributed by atoms with Crippen LogP contribution in [-0.4, -0.2) is 82.2 Å². The first-order valence-corrected chi connectivity index (χ1v) is 11.4. The van der Waals surface area contributed by atoms with Crippen molar-refractivity contribution >= 4 is 29.1 Å². The van der Waals surface area contributed by atoms with E-state index in [1.807, 2.05) is 24.3 Å². The second-order valence-corrected chi connectivity index (χ2v) is 8.24. The summed E-state index contributed by atoms with van der Waals surface area (Å²) in [5.41, 5.74) is 2.13. The zero-order valence-electron chi connectivity index (χ0n) is 20.3. The Hall–Kier alpha value is -3.14. The fraction of sp³-hybridized carbons (Fsp3) is 0.400. The highest BCUT2D eigenvalue weighted by Crippen LogP contribution is 2.40. The summed E-state index contributed by atoms with van der Waals surface area (Å²) < 4.78 is 21.1. The molecule has 0 radical (unpaired) electrons. The van der Waals surface area contributed by atoms with Gasteiger partial charge in [-0.15, -0.1) is 0 Å². The summed E-state index contributed by atoms with van der Waals surface area (Å²) in [6, 6.07) is 12.3. The Morgan fingerprint density at radius 2 is 1.86 bits per heavy atom. The Morgan fingerprint density at radius 3 is 2.51 bits per heavy atom. The van der Waals surface area contributed by atoms with Crippen LogP contribution in [0.5, 0.6) is 11.5 Å². The molecule has 0 aromatic heterocycles. The molecule has 9 nitrogen and oxygen atoms in total. The highest BCUT2D eigenvalue weighted by Gasteiger charge is 2.36. The van der Waals surface area contributed by atoms with Crippen molar-refractivity contribution in [1.29, 1.82) is 0 Å². The fourth-order valence-corrected chi connectivity index (χ4v) is 4.13. The smallest absolute Gasteiger partial charge is 0.262 e. The van der Waals surface area contributed by atoms with E-state index >= 15 is 0 Å². The van der Waals surface area contributed by atoms with Crippen molar-refractivity contribution in [2.75, 3.05) is 54.7 Å². The third-order valence-corrected chi connectivity index (χ3v) is 5.99. The van der Waals surface area contributed by atoms with Gasteiger partial charge >= 0.3 is 0 Å². The van der Waals surface area contributed by atoms with Gasteiger partial charge in [0.05, 0.1) is 32.6 Å². The van der Waals surface area contributed by atoms with Crippen LogP contribution >= 0.6 is 11.6 Å². The van der Waals surface area contributed by atoms with Crippen LogP contribution in [0.2, 0.25) is 5.02 Å². The third kappa shape index (κ3) is 6.30. The molecule has 1 unspecified atom stereocenters. The topological polar surface area (TPSA) is 89.9 Å². The maximum absolute atomic E-state index is 13.6. The molecule has 0 spiro atoms. The van der Waals surface area contributed by atoms with E-state index in [0.717, 1.165) is 11.1 Å². The SMILES string of the molecule is COCCN(CC(=O)N1N=C(c2ccccc2Cl)CC1c1cc(OC)ccc1OC)C(=O)COC. The quantitative estimate of drug-likeness (QED) is 0.468. The van der Waals surface area contributed by atoms with Gasteiger partial charge in [0.15, 0.2) is 0 Å². The van der Waals surface area contributed by atoms with Crippen molar-refractivity contribution in [3.05, 3.63) is 58.6 Å². The van der Waals surface area contributed by atoms with E-state index in [0.29, 0.717) is 28.7 Å². The van der Waals surface area contributed by atoms with Crippen molar-refractivity contribution < 1.29 is 28.5 Å². The second-order valence-electron chi connectivity index (χ2n) is 7.83. The van der Waals surface area contributed by atoms with Gasteiger partial charge in [-0.1, -0.05) is 29.8 Å². The number of hydrazone groups is 1. The number of nitrogens with zero attached hydrogens (tertiary/aromatic N) is 3. The molecule has 0 aliphatic carbocycles. The van der Waals surface area contributed by atoms with Crippen molar-refractivity contribution in [1.82, 2.24) is 9.91 Å². The van der Waals surface area contributed by atoms with Gasteiger partial charge in [0.2, 0.25) is 5.91 Å². The summed E-state index contributed by atoms with van der Waals surface area (Å²) in [4.78, 5) is 27.5. The van der Waals surface area contributed by atoms with Gasteiger partial charge in [-0.25, -0.2) is 5.01 Å². The van der Waals surface area contributed by atoms with Crippen molar-refractivity contribution in [3.8, 4) is 11.5 Å². The lowest BCUT2D eigenvalue weighted by molar-refractivity contribution is -0.144. The predicted octanol–water partition coefficient (Wildman–Crippen LogP) is 3.16. The van der Waals surface area contributed by atoms with E-state index in [1.54, 1.807) is 32.4 Å². The number of carbonyl (C=O) groups is 2. The Kier molecular flexibility index (Phi) is 9.47. The van der Waals surface area contributed by atoms with Crippen LogP contribution in [0, 0.1) is 0 Å². The van der Waals surface area contributed by atoms with Gasteiger partial charge < -0.3 is 23.8 Å². The second kappa shape index (κ2) is 12.5. The van der Waals surface area contributed by atoms with Crippen molar-refractivity contribution in [2.24, 2.45) is 5.10 Å². The van der Waals surface area contributed by atoms with Crippen LogP contribution in [0.4, 0.5) is 0 Å². The first-order valence-electron chi connectivity index (χ1n) is 11.1. The lowest BCUT2D eigenvalue weighted by Crippen LogP contribution is -2.44. The van der Waals surface area contributed by atoms with Crippen LogP contribution < -0.4 is 9.47 Å². The number of carbonyl (C=O) groups excluding carboxylic acids is 2. The lowest BCUT2D eigenvalue weighted by Gasteiger charge is -2.27. The summed E-state index contributed by atoms with van der Waals surface area (Å²) in [6.45, 7) is 0.197. The summed E-state index contributed by atoms with van der Waals surface area (Å²) in [5.74, 6) is 0.540. The molecular weight excluding hydrogens is 474 g/mol. The summed E-state index contributed by atoms with van der Waals surface area (Å²) in [6.07, 6.45) is 0.406. The molecule has 1 heterocycles. The molecule has 0 fully saturated rings. The molecule has 188 valence electrons. The van der Waals surface area contributed by atoms with Crippen LogP contribution in [0.25, 0.3) is 0 Å². The number of halogens is 1. The highest BCUT2D eigenvalue weighted by atomic mass is 35.5. The predicted molar refractivity (Wildman–Crippen MR) is 132 cm³/mol. The van der Waals surface area contributed by atoms with Crippen LogP contribution in [0.15, 0.2) is 47.6 Å². The zero-order valence-corrected chi connectivity index (χ0v) is 21.1. The average Bonchev–Trinajstić information content (AvgIpc) is 3.31. The lowest BCUT2D eigenvalue weighted by atomic mass is 9.97. The van der Waals surface area contributed by atoms with Gasteiger partial charge in [-0.05, 0) is 24.3 Å². The maximum atomic E-state index is 13.6. The molecule has 0 bridgehead atoms. The molecule has 2 aromatic carbocycles. The van der Waals surface area contributed by atoms with Crippen LogP contribution in [-0.2, 0) is 19.1 Å². The minimum absolute atomic E-state index is 0.141. The van der Waals surface area contributed by atoms with Crippen LogP contribution in [0.3, 0.4) is 0 Å². The van der Waals surface area contributed by atoms with Crippen molar-refractivity contribution in [2.45, 2.75) is 12.5 Å². The number of hydrogen-bond donors (Lipinski definition) is 0. The van der Waals surface area contributed by atoms with Gasteiger partial charge in [-0.2, -0.15) is 5.10 Å². The minimum Gasteiger partial charge on any atom is -0.497 e. The van der Waals surface area contributed by atoms with Crippen molar-refractivity contribution in [3.63, 3.8) is 0 Å². The monoisotopic (exact) mass is 503 g/mol. The molecule has 1 aliphatic heterocycles. The molecule has 1 aliphatic rings. The number of rotatable bonds is 11. The van der Waals surface area contributed by atoms with E-state index in [1.165, 1.54) is 24.1 Å². The number of methoxy groups -OCH3 is 4. The molecule has 2 aromatic rings. The Labute approximate surface area is 210 Å². The molecule has 3 rings (SSSR count). The summed E-state index contributed by atoms with van der Waals surface area (Å²) in [5, 5.41) is 6.60. The molecule has 35 heavy (non-hydrogen) atoms. The maximum Gasteiger partial charge on any atom is 0.262 e. The number of hydrogen-bond acceptors (Lipinski definition) is 7. The average molecular weight is 504 g/mol. The van der Waals surface area contributed by atoms with E-state index in [4.69, 9.17) is 30.5 Å².